The molecule has 0 spiro atoms. The van der Waals surface area contributed by atoms with Gasteiger partial charge in [0.05, 0.1) is 36.8 Å². The molecule has 11 heteroatoms. The van der Waals surface area contributed by atoms with Crippen LogP contribution in [0.3, 0.4) is 0 Å². The second-order valence-electron chi connectivity index (χ2n) is 12.9. The summed E-state index contributed by atoms with van der Waals surface area (Å²) in [7, 11) is 2.68. The van der Waals surface area contributed by atoms with Gasteiger partial charge in [0.25, 0.3) is 11.9 Å². The second kappa shape index (κ2) is 11.8. The predicted molar refractivity (Wildman–Crippen MR) is 183 cm³/mol. The molecule has 4 atom stereocenters. The molecule has 50 heavy (non-hydrogen) atoms. The molecule has 3 heterocycles. The highest BCUT2D eigenvalue weighted by Crippen LogP contribution is 2.61. The van der Waals surface area contributed by atoms with Gasteiger partial charge in [-0.15, -0.1) is 0 Å². The molecular weight excluding hydrogens is 630 g/mol. The Hall–Kier alpha value is -6.15. The van der Waals surface area contributed by atoms with Gasteiger partial charge in [0.1, 0.15) is 0 Å². The summed E-state index contributed by atoms with van der Waals surface area (Å²) in [6.07, 6.45) is 2.21. The maximum atomic E-state index is 13.6. The van der Waals surface area contributed by atoms with Crippen LogP contribution in [0.5, 0.6) is 0 Å². The zero-order valence-corrected chi connectivity index (χ0v) is 28.4. The van der Waals surface area contributed by atoms with Crippen molar-refractivity contribution in [3.63, 3.8) is 0 Å². The van der Waals surface area contributed by atoms with Crippen molar-refractivity contribution in [1.29, 1.82) is 0 Å². The molecule has 0 N–H and O–H groups in total. The van der Waals surface area contributed by atoms with Crippen LogP contribution < -0.4 is 10.4 Å². The van der Waals surface area contributed by atoms with Crippen molar-refractivity contribution >= 4 is 23.6 Å². The van der Waals surface area contributed by atoms with Crippen LogP contribution in [0.4, 0.5) is 0 Å². The fraction of sp³-hybridized carbons (Fsp3) is 0.256. The minimum atomic E-state index is -0.555. The van der Waals surface area contributed by atoms with Gasteiger partial charge < -0.3 is 9.47 Å². The quantitative estimate of drug-likeness (QED) is 0.210. The van der Waals surface area contributed by atoms with Crippen LogP contribution in [0.15, 0.2) is 71.8 Å². The van der Waals surface area contributed by atoms with E-state index in [9.17, 15) is 9.59 Å². The summed E-state index contributed by atoms with van der Waals surface area (Å²) < 4.78 is 14.0. The number of fused-ring (bicyclic) bond motifs is 1. The second-order valence-corrected chi connectivity index (χ2v) is 12.9. The number of ether oxygens (including phenoxy) is 2. The molecule has 2 bridgehead atoms. The molecule has 0 saturated carbocycles. The molecule has 9 rings (SSSR count). The molecule has 248 valence electrons. The fourth-order valence-electron chi connectivity index (χ4n) is 7.99. The molecule has 4 unspecified atom stereocenters. The number of methoxy groups -OCH3 is 2. The van der Waals surface area contributed by atoms with Gasteiger partial charge in [-0.05, 0) is 73.2 Å². The van der Waals surface area contributed by atoms with E-state index in [1.54, 1.807) is 9.36 Å². The van der Waals surface area contributed by atoms with Crippen LogP contribution in [0.1, 0.15) is 51.6 Å². The van der Waals surface area contributed by atoms with E-state index in [1.165, 1.54) is 14.2 Å². The van der Waals surface area contributed by atoms with Gasteiger partial charge in [-0.25, -0.2) is 19.0 Å². The van der Waals surface area contributed by atoms with E-state index >= 15 is 0 Å². The predicted octanol–water partition coefficient (Wildman–Crippen LogP) is 3.24. The summed E-state index contributed by atoms with van der Waals surface area (Å²) in [6.45, 7) is 7.70. The van der Waals surface area contributed by atoms with Crippen LogP contribution in [-0.4, -0.2) is 60.7 Å². The first-order valence-electron chi connectivity index (χ1n) is 16.3. The van der Waals surface area contributed by atoms with Gasteiger partial charge in [0.2, 0.25) is 5.82 Å². The monoisotopic (exact) mass is 663 g/mol. The van der Waals surface area contributed by atoms with E-state index in [0.717, 1.165) is 49.9 Å². The Kier molecular flexibility index (Phi) is 7.33. The standard InChI is InChI=1S/C39H33N7O4/c1-20-17-22(3)45(43-20)38-40-30(41-39(42-38)46-23(4)18-21(2)44-46)16-15-28-25-12-8-7-11-24(25)19-29-31(28)33-27-14-10-9-13-26(27)32(29)34(36(47)49-5)35(33)37(48)50-6/h7-14,17-19,29,31-33H,1-6H3. The number of carbonyl (C=O) groups is 2. The maximum Gasteiger partial charge on any atom is 0.334 e. The summed E-state index contributed by atoms with van der Waals surface area (Å²) in [5, 5.41) is 11.2. The van der Waals surface area contributed by atoms with Crippen LogP contribution >= 0.6 is 0 Å². The normalized spacial score (nSPS) is 19.8. The van der Waals surface area contributed by atoms with Crippen LogP contribution in [0, 0.1) is 51.4 Å². The Labute approximate surface area is 288 Å². The summed E-state index contributed by atoms with van der Waals surface area (Å²) in [5.41, 5.74) is 6.82. The molecule has 11 nitrogen and oxygen atoms in total. The number of aromatic nitrogens is 7. The molecular formula is C39H33N7O4. The largest absolute Gasteiger partial charge is 0.466 e. The zero-order valence-electron chi connectivity index (χ0n) is 28.4. The Morgan fingerprint density at radius 3 is 1.80 bits per heavy atom. The van der Waals surface area contributed by atoms with E-state index in [-0.39, 0.29) is 17.7 Å². The molecule has 0 amide bonds. The number of hydrogen-bond donors (Lipinski definition) is 0. The van der Waals surface area contributed by atoms with Crippen molar-refractivity contribution in [2.24, 2.45) is 11.8 Å². The highest BCUT2D eigenvalue weighted by molar-refractivity contribution is 6.05. The van der Waals surface area contributed by atoms with E-state index in [4.69, 9.17) is 24.4 Å². The molecule has 0 saturated heterocycles. The molecule has 0 fully saturated rings. The fourth-order valence-corrected chi connectivity index (χ4v) is 7.99. The smallest absolute Gasteiger partial charge is 0.334 e. The Morgan fingerprint density at radius 1 is 0.700 bits per heavy atom. The zero-order chi connectivity index (χ0) is 34.8. The van der Waals surface area contributed by atoms with Crippen molar-refractivity contribution < 1.29 is 19.1 Å². The molecule has 5 aromatic rings. The van der Waals surface area contributed by atoms with Gasteiger partial charge in [-0.3, -0.25) is 0 Å². The van der Waals surface area contributed by atoms with E-state index in [2.05, 4.69) is 34.2 Å². The third-order valence-electron chi connectivity index (χ3n) is 9.82. The van der Waals surface area contributed by atoms with Crippen LogP contribution in [0.25, 0.3) is 23.5 Å². The summed E-state index contributed by atoms with van der Waals surface area (Å²) in [4.78, 5) is 41.4. The topological polar surface area (TPSA) is 127 Å². The van der Waals surface area contributed by atoms with E-state index in [1.807, 2.05) is 82.3 Å². The number of nitrogens with zero attached hydrogens (tertiary/aromatic N) is 7. The van der Waals surface area contributed by atoms with E-state index in [0.29, 0.717) is 23.0 Å². The first-order chi connectivity index (χ1) is 24.2. The molecule has 3 aromatic heterocycles. The number of benzene rings is 2. The number of hydrogen-bond acceptors (Lipinski definition) is 9. The first kappa shape index (κ1) is 31.1. The lowest BCUT2D eigenvalue weighted by molar-refractivity contribution is -0.140. The SMILES string of the molecule is COC(=O)C1=C(C(=O)OC)C2c3ccccc3C1C1C=c3ccccc3=C(C#Cc3nc(-n4nc(C)cc4C)nc(-n4nc(C)cc4C)n3)C21. The van der Waals surface area contributed by atoms with Crippen molar-refractivity contribution in [2.45, 2.75) is 39.5 Å². The lowest BCUT2D eigenvalue weighted by Gasteiger charge is -2.50. The van der Waals surface area contributed by atoms with Crippen molar-refractivity contribution in [1.82, 2.24) is 34.5 Å². The maximum absolute atomic E-state index is 13.6. The van der Waals surface area contributed by atoms with Gasteiger partial charge in [0, 0.05) is 34.7 Å². The lowest BCUT2D eigenvalue weighted by atomic mass is 9.51. The van der Waals surface area contributed by atoms with Gasteiger partial charge >= 0.3 is 11.9 Å². The minimum absolute atomic E-state index is 0.189. The highest BCUT2D eigenvalue weighted by Gasteiger charge is 2.55. The molecule has 0 radical (unpaired) electrons. The molecule has 4 aliphatic rings. The van der Waals surface area contributed by atoms with Crippen molar-refractivity contribution in [3.8, 4) is 23.7 Å². The number of esters is 2. The van der Waals surface area contributed by atoms with Gasteiger partial charge in [0.15, 0.2) is 0 Å². The van der Waals surface area contributed by atoms with Crippen LogP contribution in [0.2, 0.25) is 0 Å². The van der Waals surface area contributed by atoms with Crippen molar-refractivity contribution in [3.05, 3.63) is 122 Å². The highest BCUT2D eigenvalue weighted by atomic mass is 16.5. The summed E-state index contributed by atoms with van der Waals surface area (Å²) in [5.74, 6) is 5.13. The van der Waals surface area contributed by atoms with Crippen LogP contribution in [-0.2, 0) is 19.1 Å². The molecule has 4 aliphatic carbocycles. The Balaban J connectivity index is 1.37. The number of rotatable bonds is 4. The Bertz CT molecular complexity index is 2430. The summed E-state index contributed by atoms with van der Waals surface area (Å²) >= 11 is 0. The average molecular weight is 664 g/mol. The average Bonchev–Trinajstić information content (AvgIpc) is 3.66. The molecule has 2 aromatic carbocycles. The lowest BCUT2D eigenvalue weighted by Crippen LogP contribution is -2.48. The number of carbonyl (C=O) groups excluding carboxylic acids is 2. The van der Waals surface area contributed by atoms with E-state index < -0.39 is 23.8 Å². The third kappa shape index (κ3) is 4.78. The third-order valence-corrected chi connectivity index (χ3v) is 9.82. The Morgan fingerprint density at radius 2 is 1.24 bits per heavy atom. The molecule has 0 aliphatic heterocycles. The van der Waals surface area contributed by atoms with Gasteiger partial charge in [-0.2, -0.15) is 25.1 Å². The number of aryl methyl sites for hydroxylation is 4. The van der Waals surface area contributed by atoms with Crippen molar-refractivity contribution in [2.75, 3.05) is 14.2 Å². The minimum Gasteiger partial charge on any atom is -0.466 e. The first-order valence-corrected chi connectivity index (χ1v) is 16.3. The van der Waals surface area contributed by atoms with Gasteiger partial charge in [-0.1, -0.05) is 60.5 Å². The summed E-state index contributed by atoms with van der Waals surface area (Å²) in [6, 6.07) is 19.9.